The first-order valence-electron chi connectivity index (χ1n) is 6.43. The summed E-state index contributed by atoms with van der Waals surface area (Å²) in [7, 11) is 1.50. The largest absolute Gasteiger partial charge is 0.481 e. The molecule has 22 heavy (non-hydrogen) atoms. The van der Waals surface area contributed by atoms with E-state index in [0.717, 1.165) is 4.47 Å². The Morgan fingerprint density at radius 3 is 2.68 bits per heavy atom. The van der Waals surface area contributed by atoms with E-state index in [1.807, 2.05) is 12.1 Å². The lowest BCUT2D eigenvalue weighted by molar-refractivity contribution is -0.126. The topological polar surface area (TPSA) is 85.4 Å². The molecular formula is C14H15BrN4O3. The smallest absolute Gasteiger partial charge is 0.279 e. The van der Waals surface area contributed by atoms with Gasteiger partial charge in [-0.25, -0.2) is 4.98 Å². The molecule has 116 valence electrons. The van der Waals surface area contributed by atoms with Crippen LogP contribution in [-0.4, -0.2) is 29.1 Å². The number of aromatic nitrogens is 2. The Balaban J connectivity index is 1.86. The van der Waals surface area contributed by atoms with Gasteiger partial charge in [-0.2, -0.15) is 4.98 Å². The van der Waals surface area contributed by atoms with E-state index in [0.29, 0.717) is 11.6 Å². The van der Waals surface area contributed by atoms with E-state index in [-0.39, 0.29) is 11.9 Å². The van der Waals surface area contributed by atoms with E-state index in [2.05, 4.69) is 36.7 Å². The third kappa shape index (κ3) is 4.59. The molecule has 8 heteroatoms. The van der Waals surface area contributed by atoms with Gasteiger partial charge in [0, 0.05) is 16.7 Å². The lowest BCUT2D eigenvalue weighted by atomic mass is 10.3. The average Bonchev–Trinajstić information content (AvgIpc) is 2.54. The molecule has 1 aromatic carbocycles. The SMILES string of the molecule is COc1ccnc(NNC(=O)C(C)Oc2ccc(Br)cc2)n1. The van der Waals surface area contributed by atoms with Crippen LogP contribution in [0.1, 0.15) is 6.92 Å². The van der Waals surface area contributed by atoms with E-state index < -0.39 is 6.10 Å². The van der Waals surface area contributed by atoms with Gasteiger partial charge in [-0.15, -0.1) is 0 Å². The van der Waals surface area contributed by atoms with Crippen LogP contribution in [0.3, 0.4) is 0 Å². The highest BCUT2D eigenvalue weighted by Gasteiger charge is 2.14. The minimum absolute atomic E-state index is 0.226. The predicted molar refractivity (Wildman–Crippen MR) is 84.6 cm³/mol. The summed E-state index contributed by atoms with van der Waals surface area (Å²) in [6, 6.07) is 8.82. The van der Waals surface area contributed by atoms with Crippen LogP contribution in [0.2, 0.25) is 0 Å². The maximum absolute atomic E-state index is 11.9. The number of nitrogens with one attached hydrogen (secondary N) is 2. The van der Waals surface area contributed by atoms with Crippen LogP contribution in [-0.2, 0) is 4.79 Å². The van der Waals surface area contributed by atoms with Crippen molar-refractivity contribution in [2.24, 2.45) is 0 Å². The average molecular weight is 367 g/mol. The number of hydrazine groups is 1. The number of nitrogens with zero attached hydrogens (tertiary/aromatic N) is 2. The predicted octanol–water partition coefficient (Wildman–Crippen LogP) is 2.16. The number of amides is 1. The summed E-state index contributed by atoms with van der Waals surface area (Å²) in [5.41, 5.74) is 5.08. The Hall–Kier alpha value is -2.35. The van der Waals surface area contributed by atoms with E-state index >= 15 is 0 Å². The van der Waals surface area contributed by atoms with Crippen molar-refractivity contribution in [3.05, 3.63) is 41.0 Å². The van der Waals surface area contributed by atoms with E-state index in [4.69, 9.17) is 9.47 Å². The first-order chi connectivity index (χ1) is 10.6. The van der Waals surface area contributed by atoms with Crippen molar-refractivity contribution in [3.8, 4) is 11.6 Å². The highest BCUT2D eigenvalue weighted by molar-refractivity contribution is 9.10. The third-order valence-corrected chi connectivity index (χ3v) is 3.16. The number of hydrogen-bond acceptors (Lipinski definition) is 6. The number of anilines is 1. The molecule has 1 unspecified atom stereocenters. The summed E-state index contributed by atoms with van der Waals surface area (Å²) >= 11 is 3.33. The molecule has 0 saturated carbocycles. The number of halogens is 1. The zero-order valence-corrected chi connectivity index (χ0v) is 13.6. The maximum Gasteiger partial charge on any atom is 0.279 e. The van der Waals surface area contributed by atoms with Gasteiger partial charge in [0.2, 0.25) is 11.8 Å². The van der Waals surface area contributed by atoms with E-state index in [1.165, 1.54) is 13.3 Å². The molecule has 0 aliphatic heterocycles. The minimum atomic E-state index is -0.681. The van der Waals surface area contributed by atoms with Gasteiger partial charge in [-0.3, -0.25) is 15.6 Å². The van der Waals surface area contributed by atoms with Gasteiger partial charge >= 0.3 is 0 Å². The molecule has 0 radical (unpaired) electrons. The van der Waals surface area contributed by atoms with Crippen LogP contribution in [0, 0.1) is 0 Å². The molecule has 1 heterocycles. The van der Waals surface area contributed by atoms with Crippen molar-refractivity contribution in [3.63, 3.8) is 0 Å². The summed E-state index contributed by atoms with van der Waals surface area (Å²) in [5.74, 6) is 0.868. The van der Waals surface area contributed by atoms with Crippen LogP contribution < -0.4 is 20.3 Å². The zero-order chi connectivity index (χ0) is 15.9. The monoisotopic (exact) mass is 366 g/mol. The third-order valence-electron chi connectivity index (χ3n) is 2.63. The van der Waals surface area contributed by atoms with Crippen molar-refractivity contribution in [2.75, 3.05) is 12.5 Å². The molecule has 2 aromatic rings. The number of hydrogen-bond donors (Lipinski definition) is 2. The molecule has 7 nitrogen and oxygen atoms in total. The number of ether oxygens (including phenoxy) is 2. The first-order valence-corrected chi connectivity index (χ1v) is 7.23. The summed E-state index contributed by atoms with van der Waals surface area (Å²) < 4.78 is 11.4. The van der Waals surface area contributed by atoms with Gasteiger partial charge in [-0.1, -0.05) is 15.9 Å². The second-order valence-electron chi connectivity index (χ2n) is 4.25. The van der Waals surface area contributed by atoms with Gasteiger partial charge in [-0.05, 0) is 31.2 Å². The summed E-state index contributed by atoms with van der Waals surface area (Å²) in [4.78, 5) is 19.9. The van der Waals surface area contributed by atoms with Crippen LogP contribution in [0.4, 0.5) is 5.95 Å². The van der Waals surface area contributed by atoms with Crippen molar-refractivity contribution < 1.29 is 14.3 Å². The summed E-state index contributed by atoms with van der Waals surface area (Å²) in [6.07, 6.45) is 0.835. The zero-order valence-electron chi connectivity index (χ0n) is 12.0. The second kappa shape index (κ2) is 7.60. The van der Waals surface area contributed by atoms with Crippen LogP contribution in [0.15, 0.2) is 41.0 Å². The fraction of sp³-hybridized carbons (Fsp3) is 0.214. The van der Waals surface area contributed by atoms with Crippen LogP contribution in [0.25, 0.3) is 0 Å². The maximum atomic E-state index is 11.9. The van der Waals surface area contributed by atoms with E-state index in [9.17, 15) is 4.79 Å². The standard InChI is InChI=1S/C14H15BrN4O3/c1-9(22-11-5-3-10(15)4-6-11)13(20)18-19-14-16-8-7-12(17-14)21-2/h3-9H,1-2H3,(H,18,20)(H,16,17,19). The lowest BCUT2D eigenvalue weighted by Gasteiger charge is -2.15. The van der Waals surface area contributed by atoms with Crippen LogP contribution in [0.5, 0.6) is 11.6 Å². The van der Waals surface area contributed by atoms with Crippen molar-refractivity contribution in [1.82, 2.24) is 15.4 Å². The minimum Gasteiger partial charge on any atom is -0.481 e. The fourth-order valence-electron chi connectivity index (χ4n) is 1.51. The molecular weight excluding hydrogens is 352 g/mol. The van der Waals surface area contributed by atoms with Gasteiger partial charge in [0.15, 0.2) is 6.10 Å². The Kier molecular flexibility index (Phi) is 5.54. The molecule has 0 spiro atoms. The number of carbonyl (C=O) groups is 1. The lowest BCUT2D eigenvalue weighted by Crippen LogP contribution is -2.40. The van der Waals surface area contributed by atoms with Crippen molar-refractivity contribution >= 4 is 27.8 Å². The molecule has 0 bridgehead atoms. The Bertz CT molecular complexity index is 636. The van der Waals surface area contributed by atoms with Gasteiger partial charge in [0.1, 0.15) is 5.75 Å². The molecule has 0 aliphatic carbocycles. The Morgan fingerprint density at radius 2 is 2.00 bits per heavy atom. The number of carbonyl (C=O) groups excluding carboxylic acids is 1. The van der Waals surface area contributed by atoms with Gasteiger partial charge in [0.25, 0.3) is 5.91 Å². The molecule has 1 aromatic heterocycles. The Morgan fingerprint density at radius 1 is 1.27 bits per heavy atom. The normalized spacial score (nSPS) is 11.4. The second-order valence-corrected chi connectivity index (χ2v) is 5.17. The molecule has 2 N–H and O–H groups in total. The van der Waals surface area contributed by atoms with Crippen molar-refractivity contribution in [1.29, 1.82) is 0 Å². The van der Waals surface area contributed by atoms with Gasteiger partial charge in [0.05, 0.1) is 7.11 Å². The molecule has 0 saturated heterocycles. The molecule has 0 fully saturated rings. The van der Waals surface area contributed by atoms with Crippen molar-refractivity contribution in [2.45, 2.75) is 13.0 Å². The summed E-state index contributed by atoms with van der Waals surface area (Å²) in [6.45, 7) is 1.64. The molecule has 1 amide bonds. The highest BCUT2D eigenvalue weighted by Crippen LogP contribution is 2.17. The molecule has 0 aliphatic rings. The number of benzene rings is 1. The summed E-state index contributed by atoms with van der Waals surface area (Å²) in [5, 5.41) is 0. The van der Waals surface area contributed by atoms with Gasteiger partial charge < -0.3 is 9.47 Å². The van der Waals surface area contributed by atoms with E-state index in [1.54, 1.807) is 25.1 Å². The van der Waals surface area contributed by atoms with Crippen LogP contribution >= 0.6 is 15.9 Å². The first kappa shape index (κ1) is 16.0. The number of methoxy groups -OCH3 is 1. The highest BCUT2D eigenvalue weighted by atomic mass is 79.9. The number of rotatable bonds is 6. The molecule has 2 rings (SSSR count). The quantitative estimate of drug-likeness (QED) is 0.762. The fourth-order valence-corrected chi connectivity index (χ4v) is 1.77. The Labute approximate surface area is 136 Å². The molecule has 1 atom stereocenters.